The van der Waals surface area contributed by atoms with Crippen molar-refractivity contribution in [2.45, 2.75) is 11.7 Å². The maximum atomic E-state index is 5.87. The van der Waals surface area contributed by atoms with Gasteiger partial charge in [-0.3, -0.25) is 9.97 Å². The van der Waals surface area contributed by atoms with E-state index in [-0.39, 0.29) is 0 Å². The lowest BCUT2D eigenvalue weighted by Gasteiger charge is -2.23. The largest absolute Gasteiger partial charge is 0.260 e. The molecule has 2 nitrogen and oxygen atoms in total. The van der Waals surface area contributed by atoms with E-state index in [1.807, 2.05) is 36.2 Å². The SMILES string of the molecule is Clc1ccc(C2CSCc3ncccc32)nc1. The fraction of sp³-hybridized carbons (Fsp3) is 0.231. The molecule has 1 aliphatic rings. The number of aromatic nitrogens is 2. The van der Waals surface area contributed by atoms with Crippen LogP contribution in [-0.2, 0) is 5.75 Å². The molecule has 0 bridgehead atoms. The first-order valence-corrected chi connectivity index (χ1v) is 7.01. The second-order valence-electron chi connectivity index (χ2n) is 4.01. The molecule has 86 valence electrons. The normalized spacial score (nSPS) is 18.8. The number of fused-ring (bicyclic) bond motifs is 1. The molecule has 0 saturated carbocycles. The Labute approximate surface area is 109 Å². The third-order valence-electron chi connectivity index (χ3n) is 2.93. The quantitative estimate of drug-likeness (QED) is 0.787. The molecule has 17 heavy (non-hydrogen) atoms. The third kappa shape index (κ3) is 2.17. The number of pyridine rings is 2. The molecule has 2 aromatic rings. The summed E-state index contributed by atoms with van der Waals surface area (Å²) < 4.78 is 0. The number of hydrogen-bond acceptors (Lipinski definition) is 3. The average molecular weight is 263 g/mol. The van der Waals surface area contributed by atoms with Crippen LogP contribution in [0.1, 0.15) is 22.9 Å². The summed E-state index contributed by atoms with van der Waals surface area (Å²) in [7, 11) is 0. The Bertz CT molecular complexity index is 527. The van der Waals surface area contributed by atoms with E-state index in [0.717, 1.165) is 17.2 Å². The smallest absolute Gasteiger partial charge is 0.0589 e. The van der Waals surface area contributed by atoms with Crippen LogP contribution in [0.5, 0.6) is 0 Å². The highest BCUT2D eigenvalue weighted by atomic mass is 35.5. The molecule has 3 heterocycles. The molecule has 0 spiro atoms. The van der Waals surface area contributed by atoms with Crippen molar-refractivity contribution in [1.29, 1.82) is 0 Å². The van der Waals surface area contributed by atoms with Gasteiger partial charge in [0.1, 0.15) is 0 Å². The van der Waals surface area contributed by atoms with Crippen LogP contribution in [0.3, 0.4) is 0 Å². The van der Waals surface area contributed by atoms with Crippen molar-refractivity contribution < 1.29 is 0 Å². The first kappa shape index (κ1) is 11.1. The molecule has 0 radical (unpaired) electrons. The molecule has 2 aromatic heterocycles. The van der Waals surface area contributed by atoms with E-state index in [9.17, 15) is 0 Å². The lowest BCUT2D eigenvalue weighted by molar-refractivity contribution is 0.843. The van der Waals surface area contributed by atoms with Crippen molar-refractivity contribution in [1.82, 2.24) is 9.97 Å². The highest BCUT2D eigenvalue weighted by molar-refractivity contribution is 7.98. The lowest BCUT2D eigenvalue weighted by Crippen LogP contribution is -2.14. The molecule has 0 fully saturated rings. The van der Waals surface area contributed by atoms with Gasteiger partial charge in [-0.25, -0.2) is 0 Å². The molecular weight excluding hydrogens is 252 g/mol. The van der Waals surface area contributed by atoms with E-state index < -0.39 is 0 Å². The van der Waals surface area contributed by atoms with Crippen LogP contribution in [0.2, 0.25) is 5.02 Å². The van der Waals surface area contributed by atoms with Crippen LogP contribution in [0.15, 0.2) is 36.7 Å². The van der Waals surface area contributed by atoms with E-state index in [1.165, 1.54) is 11.3 Å². The van der Waals surface area contributed by atoms with Gasteiger partial charge in [0.25, 0.3) is 0 Å². The Morgan fingerprint density at radius 2 is 2.18 bits per heavy atom. The van der Waals surface area contributed by atoms with Crippen LogP contribution < -0.4 is 0 Å². The summed E-state index contributed by atoms with van der Waals surface area (Å²) in [6, 6.07) is 8.07. The van der Waals surface area contributed by atoms with Gasteiger partial charge in [-0.05, 0) is 23.8 Å². The molecule has 4 heteroatoms. The predicted molar refractivity (Wildman–Crippen MR) is 71.5 cm³/mol. The standard InChI is InChI=1S/C13H11ClN2S/c14-9-3-4-12(16-6-9)11-7-17-8-13-10(11)2-1-5-15-13/h1-6,11H,7-8H2. The number of thioether (sulfide) groups is 1. The van der Waals surface area contributed by atoms with Crippen molar-refractivity contribution in [2.24, 2.45) is 0 Å². The topological polar surface area (TPSA) is 25.8 Å². The fourth-order valence-electron chi connectivity index (χ4n) is 2.09. The zero-order chi connectivity index (χ0) is 11.7. The molecule has 1 unspecified atom stereocenters. The number of nitrogens with zero attached hydrogens (tertiary/aromatic N) is 2. The summed E-state index contributed by atoms with van der Waals surface area (Å²) in [5, 5.41) is 0.684. The summed E-state index contributed by atoms with van der Waals surface area (Å²) in [6.45, 7) is 0. The van der Waals surface area contributed by atoms with Gasteiger partial charge in [-0.1, -0.05) is 17.7 Å². The summed E-state index contributed by atoms with van der Waals surface area (Å²) in [5.41, 5.74) is 3.57. The molecule has 1 atom stereocenters. The van der Waals surface area contributed by atoms with Gasteiger partial charge in [0, 0.05) is 35.5 Å². The molecule has 0 aliphatic carbocycles. The van der Waals surface area contributed by atoms with E-state index >= 15 is 0 Å². The fourth-order valence-corrected chi connectivity index (χ4v) is 3.34. The Kier molecular flexibility index (Phi) is 3.04. The third-order valence-corrected chi connectivity index (χ3v) is 4.20. The molecule has 0 N–H and O–H groups in total. The van der Waals surface area contributed by atoms with Gasteiger partial charge in [0.05, 0.1) is 10.7 Å². The highest BCUT2D eigenvalue weighted by Gasteiger charge is 2.23. The van der Waals surface area contributed by atoms with E-state index in [4.69, 9.17) is 11.6 Å². The van der Waals surface area contributed by atoms with Crippen LogP contribution >= 0.6 is 23.4 Å². The summed E-state index contributed by atoms with van der Waals surface area (Å²) >= 11 is 7.78. The van der Waals surface area contributed by atoms with Crippen molar-refractivity contribution in [3.63, 3.8) is 0 Å². The minimum Gasteiger partial charge on any atom is -0.260 e. The Hall–Kier alpha value is -1.06. The maximum absolute atomic E-state index is 5.87. The van der Waals surface area contributed by atoms with Crippen molar-refractivity contribution in [2.75, 3.05) is 5.75 Å². The molecule has 0 saturated heterocycles. The average Bonchev–Trinajstić information content (AvgIpc) is 2.39. The maximum Gasteiger partial charge on any atom is 0.0589 e. The molecule has 0 aromatic carbocycles. The zero-order valence-electron chi connectivity index (χ0n) is 9.14. The van der Waals surface area contributed by atoms with Crippen LogP contribution in [-0.4, -0.2) is 15.7 Å². The second-order valence-corrected chi connectivity index (χ2v) is 5.48. The van der Waals surface area contributed by atoms with E-state index in [2.05, 4.69) is 16.0 Å². The first-order chi connectivity index (χ1) is 8.34. The number of halogens is 1. The first-order valence-electron chi connectivity index (χ1n) is 5.47. The summed E-state index contributed by atoms with van der Waals surface area (Å²) in [4.78, 5) is 8.87. The lowest BCUT2D eigenvalue weighted by atomic mass is 9.95. The van der Waals surface area contributed by atoms with Gasteiger partial charge in [-0.15, -0.1) is 0 Å². The molecule has 1 aliphatic heterocycles. The van der Waals surface area contributed by atoms with Gasteiger partial charge in [0.2, 0.25) is 0 Å². The monoisotopic (exact) mass is 262 g/mol. The van der Waals surface area contributed by atoms with Gasteiger partial charge < -0.3 is 0 Å². The van der Waals surface area contributed by atoms with Crippen LogP contribution in [0.25, 0.3) is 0 Å². The van der Waals surface area contributed by atoms with Gasteiger partial charge in [-0.2, -0.15) is 11.8 Å². The zero-order valence-corrected chi connectivity index (χ0v) is 10.7. The Morgan fingerprint density at radius 1 is 1.24 bits per heavy atom. The molecular formula is C13H11ClN2S. The van der Waals surface area contributed by atoms with Crippen LogP contribution in [0.4, 0.5) is 0 Å². The van der Waals surface area contributed by atoms with Gasteiger partial charge >= 0.3 is 0 Å². The minimum atomic E-state index is 0.342. The predicted octanol–water partition coefficient (Wildman–Crippen LogP) is 3.51. The molecule has 3 rings (SSSR count). The summed E-state index contributed by atoms with van der Waals surface area (Å²) in [5.74, 6) is 2.41. The second kappa shape index (κ2) is 4.67. The highest BCUT2D eigenvalue weighted by Crippen LogP contribution is 2.35. The Morgan fingerprint density at radius 3 is 3.00 bits per heavy atom. The molecule has 0 amide bonds. The van der Waals surface area contributed by atoms with Crippen molar-refractivity contribution in [3.05, 3.63) is 58.6 Å². The summed E-state index contributed by atoms with van der Waals surface area (Å²) in [6.07, 6.45) is 3.57. The van der Waals surface area contributed by atoms with Gasteiger partial charge in [0.15, 0.2) is 0 Å². The number of rotatable bonds is 1. The van der Waals surface area contributed by atoms with Crippen molar-refractivity contribution in [3.8, 4) is 0 Å². The van der Waals surface area contributed by atoms with Crippen molar-refractivity contribution >= 4 is 23.4 Å². The minimum absolute atomic E-state index is 0.342. The van der Waals surface area contributed by atoms with E-state index in [0.29, 0.717) is 10.9 Å². The van der Waals surface area contributed by atoms with E-state index in [1.54, 1.807) is 6.20 Å². The number of hydrogen-bond donors (Lipinski definition) is 0. The van der Waals surface area contributed by atoms with Crippen LogP contribution in [0, 0.1) is 0 Å². The Balaban J connectivity index is 2.03.